The van der Waals surface area contributed by atoms with Crippen LogP contribution < -0.4 is 5.32 Å². The number of likely N-dealkylation sites (tertiary alicyclic amines) is 1. The number of rotatable bonds is 5. The van der Waals surface area contributed by atoms with E-state index >= 15 is 0 Å². The van der Waals surface area contributed by atoms with Gasteiger partial charge in [0, 0.05) is 6.54 Å². The summed E-state index contributed by atoms with van der Waals surface area (Å²) in [5.41, 5.74) is 1.01. The van der Waals surface area contributed by atoms with Gasteiger partial charge in [-0.15, -0.1) is 0 Å². The Bertz CT molecular complexity index is 403. The molecule has 1 aromatic carbocycles. The second-order valence-electron chi connectivity index (χ2n) is 5.26. The molecule has 0 radical (unpaired) electrons. The van der Waals surface area contributed by atoms with Gasteiger partial charge in [-0.05, 0) is 78.6 Å². The van der Waals surface area contributed by atoms with Crippen LogP contribution in [0.3, 0.4) is 0 Å². The van der Waals surface area contributed by atoms with Gasteiger partial charge in [-0.25, -0.2) is 4.39 Å². The maximum atomic E-state index is 13.4. The van der Waals surface area contributed by atoms with Gasteiger partial charge in [0.05, 0.1) is 4.47 Å². The van der Waals surface area contributed by atoms with Crippen molar-refractivity contribution in [2.75, 3.05) is 26.2 Å². The minimum absolute atomic E-state index is 0.185. The quantitative estimate of drug-likeness (QED) is 0.891. The zero-order chi connectivity index (χ0) is 13.7. The second-order valence-corrected chi connectivity index (χ2v) is 6.11. The minimum atomic E-state index is -0.185. The van der Waals surface area contributed by atoms with Crippen molar-refractivity contribution >= 4 is 15.9 Å². The monoisotopic (exact) mass is 328 g/mol. The standard InChI is InChI=1S/C15H22BrFN2/c1-2-19-7-5-12(6-8-19)10-18-11-13-3-4-14(16)15(17)9-13/h3-4,9,12,18H,2,5-8,10-11H2,1H3. The average Bonchev–Trinajstić information content (AvgIpc) is 2.43. The van der Waals surface area contributed by atoms with E-state index in [9.17, 15) is 4.39 Å². The van der Waals surface area contributed by atoms with Crippen LogP contribution in [0.2, 0.25) is 0 Å². The van der Waals surface area contributed by atoms with E-state index in [-0.39, 0.29) is 5.82 Å². The van der Waals surface area contributed by atoms with Crippen molar-refractivity contribution in [1.29, 1.82) is 0 Å². The number of nitrogens with zero attached hydrogens (tertiary/aromatic N) is 1. The molecule has 1 N–H and O–H groups in total. The van der Waals surface area contributed by atoms with Crippen molar-refractivity contribution in [1.82, 2.24) is 10.2 Å². The van der Waals surface area contributed by atoms with Gasteiger partial charge in [0.1, 0.15) is 5.82 Å². The van der Waals surface area contributed by atoms with Crippen LogP contribution in [0.4, 0.5) is 4.39 Å². The van der Waals surface area contributed by atoms with Crippen LogP contribution in [0.25, 0.3) is 0 Å². The molecule has 4 heteroatoms. The number of benzene rings is 1. The van der Waals surface area contributed by atoms with Gasteiger partial charge in [0.2, 0.25) is 0 Å². The van der Waals surface area contributed by atoms with Crippen LogP contribution >= 0.6 is 15.9 Å². The molecule has 1 aromatic rings. The summed E-state index contributed by atoms with van der Waals surface area (Å²) in [6.45, 7) is 7.61. The highest BCUT2D eigenvalue weighted by Gasteiger charge is 2.17. The zero-order valence-electron chi connectivity index (χ0n) is 11.5. The fourth-order valence-electron chi connectivity index (χ4n) is 2.58. The van der Waals surface area contributed by atoms with Gasteiger partial charge in [-0.1, -0.05) is 13.0 Å². The van der Waals surface area contributed by atoms with Crippen LogP contribution in [0.15, 0.2) is 22.7 Å². The lowest BCUT2D eigenvalue weighted by Gasteiger charge is -2.31. The molecular weight excluding hydrogens is 307 g/mol. The van der Waals surface area contributed by atoms with E-state index in [0.29, 0.717) is 4.47 Å². The Morgan fingerprint density at radius 1 is 1.37 bits per heavy atom. The molecule has 1 fully saturated rings. The van der Waals surface area contributed by atoms with E-state index < -0.39 is 0 Å². The van der Waals surface area contributed by atoms with Gasteiger partial charge in [0.25, 0.3) is 0 Å². The van der Waals surface area contributed by atoms with Crippen LogP contribution in [0, 0.1) is 11.7 Å². The molecule has 1 heterocycles. The van der Waals surface area contributed by atoms with Gasteiger partial charge in [-0.2, -0.15) is 0 Å². The molecule has 1 aliphatic heterocycles. The molecule has 0 aliphatic carbocycles. The van der Waals surface area contributed by atoms with Gasteiger partial charge < -0.3 is 10.2 Å². The lowest BCUT2D eigenvalue weighted by Crippen LogP contribution is -2.36. The predicted molar refractivity (Wildman–Crippen MR) is 80.6 cm³/mol. The van der Waals surface area contributed by atoms with Gasteiger partial charge in [0.15, 0.2) is 0 Å². The maximum Gasteiger partial charge on any atom is 0.137 e. The Hall–Kier alpha value is -0.450. The van der Waals surface area contributed by atoms with Crippen molar-refractivity contribution in [3.05, 3.63) is 34.1 Å². The highest BCUT2D eigenvalue weighted by atomic mass is 79.9. The number of piperidine rings is 1. The lowest BCUT2D eigenvalue weighted by atomic mass is 9.97. The van der Waals surface area contributed by atoms with E-state index in [1.165, 1.54) is 25.9 Å². The van der Waals surface area contributed by atoms with Crippen LogP contribution in [0.1, 0.15) is 25.3 Å². The highest BCUT2D eigenvalue weighted by Crippen LogP contribution is 2.18. The molecular formula is C15H22BrFN2. The third kappa shape index (κ3) is 4.55. The average molecular weight is 329 g/mol. The summed E-state index contributed by atoms with van der Waals surface area (Å²) >= 11 is 3.17. The Balaban J connectivity index is 1.70. The Labute approximate surface area is 123 Å². The summed E-state index contributed by atoms with van der Waals surface area (Å²) < 4.78 is 13.9. The molecule has 106 valence electrons. The summed E-state index contributed by atoms with van der Waals surface area (Å²) in [4.78, 5) is 2.50. The fraction of sp³-hybridized carbons (Fsp3) is 0.600. The molecule has 2 rings (SSSR count). The van der Waals surface area contributed by atoms with Gasteiger partial charge >= 0.3 is 0 Å². The molecule has 0 unspecified atom stereocenters. The van der Waals surface area contributed by atoms with Crippen molar-refractivity contribution in [2.24, 2.45) is 5.92 Å². The van der Waals surface area contributed by atoms with Crippen molar-refractivity contribution in [2.45, 2.75) is 26.3 Å². The zero-order valence-corrected chi connectivity index (χ0v) is 13.0. The largest absolute Gasteiger partial charge is 0.312 e. The summed E-state index contributed by atoms with van der Waals surface area (Å²) in [6.07, 6.45) is 2.55. The Kier molecular flexibility index (Phi) is 5.79. The fourth-order valence-corrected chi connectivity index (χ4v) is 2.82. The lowest BCUT2D eigenvalue weighted by molar-refractivity contribution is 0.190. The molecule has 1 aliphatic rings. The first-order valence-corrected chi connectivity index (χ1v) is 7.85. The molecule has 0 bridgehead atoms. The topological polar surface area (TPSA) is 15.3 Å². The van der Waals surface area contributed by atoms with Crippen molar-refractivity contribution in [3.63, 3.8) is 0 Å². The summed E-state index contributed by atoms with van der Waals surface area (Å²) in [5.74, 6) is 0.582. The first-order valence-electron chi connectivity index (χ1n) is 7.06. The number of hydrogen-bond acceptors (Lipinski definition) is 2. The molecule has 19 heavy (non-hydrogen) atoms. The predicted octanol–water partition coefficient (Wildman–Crippen LogP) is 3.41. The highest BCUT2D eigenvalue weighted by molar-refractivity contribution is 9.10. The third-order valence-electron chi connectivity index (χ3n) is 3.90. The van der Waals surface area contributed by atoms with Crippen LogP contribution in [0.5, 0.6) is 0 Å². The summed E-state index contributed by atoms with van der Waals surface area (Å²) in [5, 5.41) is 3.45. The van der Waals surface area contributed by atoms with Crippen LogP contribution in [-0.4, -0.2) is 31.1 Å². The van der Waals surface area contributed by atoms with Crippen LogP contribution in [-0.2, 0) is 6.54 Å². The first kappa shape index (κ1) is 14.9. The first-order chi connectivity index (χ1) is 9.19. The van der Waals surface area contributed by atoms with E-state index in [1.807, 2.05) is 6.07 Å². The summed E-state index contributed by atoms with van der Waals surface area (Å²) in [7, 11) is 0. The number of nitrogens with one attached hydrogen (secondary N) is 1. The number of halogens is 2. The van der Waals surface area contributed by atoms with E-state index in [0.717, 1.165) is 31.1 Å². The van der Waals surface area contributed by atoms with E-state index in [1.54, 1.807) is 12.1 Å². The summed E-state index contributed by atoms with van der Waals surface area (Å²) in [6, 6.07) is 5.32. The third-order valence-corrected chi connectivity index (χ3v) is 4.54. The molecule has 0 amide bonds. The molecule has 2 nitrogen and oxygen atoms in total. The second kappa shape index (κ2) is 7.36. The Morgan fingerprint density at radius 3 is 2.74 bits per heavy atom. The van der Waals surface area contributed by atoms with E-state index in [4.69, 9.17) is 0 Å². The molecule has 0 spiro atoms. The normalized spacial score (nSPS) is 17.8. The SMILES string of the molecule is CCN1CCC(CNCc2ccc(Br)c(F)c2)CC1. The smallest absolute Gasteiger partial charge is 0.137 e. The van der Waals surface area contributed by atoms with Gasteiger partial charge in [-0.3, -0.25) is 0 Å². The minimum Gasteiger partial charge on any atom is -0.312 e. The molecule has 0 aromatic heterocycles. The van der Waals surface area contributed by atoms with E-state index in [2.05, 4.69) is 33.1 Å². The number of hydrogen-bond donors (Lipinski definition) is 1. The molecule has 1 saturated heterocycles. The molecule has 0 saturated carbocycles. The van der Waals surface area contributed by atoms with Crippen molar-refractivity contribution < 1.29 is 4.39 Å². The molecule has 0 atom stereocenters. The Morgan fingerprint density at radius 2 is 2.11 bits per heavy atom. The maximum absolute atomic E-state index is 13.4. The van der Waals surface area contributed by atoms with Crippen molar-refractivity contribution in [3.8, 4) is 0 Å².